The van der Waals surface area contributed by atoms with E-state index < -0.39 is 5.60 Å². The van der Waals surface area contributed by atoms with E-state index in [0.717, 1.165) is 11.1 Å². The van der Waals surface area contributed by atoms with E-state index >= 15 is 0 Å². The number of hydrogen-bond acceptors (Lipinski definition) is 4. The number of nitrogens with zero attached hydrogens (tertiary/aromatic N) is 2. The molecule has 2 aromatic carbocycles. The molecule has 1 aliphatic rings. The van der Waals surface area contributed by atoms with Crippen molar-refractivity contribution in [2.45, 2.75) is 58.3 Å². The van der Waals surface area contributed by atoms with Gasteiger partial charge in [-0.2, -0.15) is 0 Å². The van der Waals surface area contributed by atoms with Crippen molar-refractivity contribution in [2.75, 3.05) is 20.2 Å². The average Bonchev–Trinajstić information content (AvgIpc) is 2.71. The van der Waals surface area contributed by atoms with Gasteiger partial charge in [0.2, 0.25) is 0 Å². The van der Waals surface area contributed by atoms with Crippen LogP contribution in [0.15, 0.2) is 42.5 Å². The Balaban J connectivity index is 1.98. The van der Waals surface area contributed by atoms with Crippen molar-refractivity contribution in [1.29, 1.82) is 0 Å². The summed E-state index contributed by atoms with van der Waals surface area (Å²) in [7, 11) is 1.51. The van der Waals surface area contributed by atoms with Crippen LogP contribution >= 0.6 is 0 Å². The van der Waals surface area contributed by atoms with E-state index in [9.17, 15) is 13.6 Å². The van der Waals surface area contributed by atoms with Crippen LogP contribution in [0.25, 0.3) is 0 Å². The molecule has 0 spiro atoms. The average molecular weight is 447 g/mol. The molecule has 0 saturated carbocycles. The van der Waals surface area contributed by atoms with Crippen molar-refractivity contribution in [3.63, 3.8) is 0 Å². The highest BCUT2D eigenvalue weighted by Gasteiger charge is 2.39. The molecule has 0 radical (unpaired) electrons. The van der Waals surface area contributed by atoms with Gasteiger partial charge in [-0.1, -0.05) is 18.2 Å². The fourth-order valence-electron chi connectivity index (χ4n) is 4.19. The zero-order valence-corrected chi connectivity index (χ0v) is 19.6. The molecule has 1 fully saturated rings. The molecule has 0 aromatic heterocycles. The zero-order chi connectivity index (χ0) is 23.6. The lowest BCUT2D eigenvalue weighted by Gasteiger charge is -2.47. The summed E-state index contributed by atoms with van der Waals surface area (Å²) >= 11 is 0. The van der Waals surface area contributed by atoms with Gasteiger partial charge in [-0.3, -0.25) is 4.90 Å². The van der Waals surface area contributed by atoms with Crippen LogP contribution in [0.4, 0.5) is 13.6 Å². The lowest BCUT2D eigenvalue weighted by Crippen LogP contribution is -2.59. The number of carbonyl (C=O) groups is 1. The van der Waals surface area contributed by atoms with Crippen LogP contribution < -0.4 is 4.74 Å². The topological polar surface area (TPSA) is 42.0 Å². The van der Waals surface area contributed by atoms with Gasteiger partial charge in [-0.15, -0.1) is 0 Å². The zero-order valence-electron chi connectivity index (χ0n) is 19.6. The molecule has 2 aromatic rings. The van der Waals surface area contributed by atoms with Crippen molar-refractivity contribution in [3.05, 3.63) is 65.2 Å². The van der Waals surface area contributed by atoms with Gasteiger partial charge in [0.15, 0.2) is 0 Å². The lowest BCUT2D eigenvalue weighted by molar-refractivity contribution is -0.0165. The van der Waals surface area contributed by atoms with Crippen LogP contribution in [0, 0.1) is 11.6 Å². The number of rotatable bonds is 4. The molecular formula is C25H32F2N2O3. The van der Waals surface area contributed by atoms with E-state index in [0.29, 0.717) is 18.8 Å². The molecule has 0 bridgehead atoms. The van der Waals surface area contributed by atoms with Crippen molar-refractivity contribution in [3.8, 4) is 5.75 Å². The first-order valence-electron chi connectivity index (χ1n) is 10.8. The molecule has 174 valence electrons. The standard InChI is InChI=1S/C25H32F2N2O3/c1-16-15-29(24(30)32-25(3,4)5)17(2)14-28(16)23(18-7-9-19(26)10-8-18)21-12-11-20(27)13-22(21)31-6/h7-13,16-17,23H,14-15H2,1-6H3/t16-,17+,23?/m1/s1. The van der Waals surface area contributed by atoms with Gasteiger partial charge >= 0.3 is 6.09 Å². The smallest absolute Gasteiger partial charge is 0.410 e. The van der Waals surface area contributed by atoms with Crippen LogP contribution in [0.5, 0.6) is 5.75 Å². The molecule has 3 atom stereocenters. The summed E-state index contributed by atoms with van der Waals surface area (Å²) in [4.78, 5) is 16.7. The van der Waals surface area contributed by atoms with Crippen LogP contribution in [0.2, 0.25) is 0 Å². The van der Waals surface area contributed by atoms with Crippen molar-refractivity contribution < 1.29 is 23.0 Å². The highest BCUT2D eigenvalue weighted by atomic mass is 19.1. The Kier molecular flexibility index (Phi) is 7.08. The Morgan fingerprint density at radius 3 is 2.22 bits per heavy atom. The van der Waals surface area contributed by atoms with E-state index in [1.807, 2.05) is 34.6 Å². The Morgan fingerprint density at radius 1 is 1.00 bits per heavy atom. The summed E-state index contributed by atoms with van der Waals surface area (Å²) < 4.78 is 38.7. The fraction of sp³-hybridized carbons (Fsp3) is 0.480. The third-order valence-electron chi connectivity index (χ3n) is 5.67. The Labute approximate surface area is 188 Å². The summed E-state index contributed by atoms with van der Waals surface area (Å²) in [5, 5.41) is 0. The second kappa shape index (κ2) is 9.45. The number of piperazine rings is 1. The molecule has 1 heterocycles. The molecule has 1 amide bonds. The quantitative estimate of drug-likeness (QED) is 0.631. The van der Waals surface area contributed by atoms with Crippen molar-refractivity contribution in [2.24, 2.45) is 0 Å². The Morgan fingerprint density at radius 2 is 1.62 bits per heavy atom. The summed E-state index contributed by atoms with van der Waals surface area (Å²) in [6, 6.07) is 10.3. The van der Waals surface area contributed by atoms with Gasteiger partial charge < -0.3 is 14.4 Å². The minimum absolute atomic E-state index is 0.0384. The van der Waals surface area contributed by atoms with Gasteiger partial charge in [0, 0.05) is 36.8 Å². The molecule has 32 heavy (non-hydrogen) atoms. The second-order valence-corrected chi connectivity index (χ2v) is 9.37. The maximum Gasteiger partial charge on any atom is 0.410 e. The minimum atomic E-state index is -0.574. The number of hydrogen-bond donors (Lipinski definition) is 0. The summed E-state index contributed by atoms with van der Waals surface area (Å²) in [6.07, 6.45) is -0.339. The number of amides is 1. The highest BCUT2D eigenvalue weighted by molar-refractivity contribution is 5.68. The molecule has 0 N–H and O–H groups in total. The number of halogens is 2. The highest BCUT2D eigenvalue weighted by Crippen LogP contribution is 2.38. The predicted molar refractivity (Wildman–Crippen MR) is 120 cm³/mol. The van der Waals surface area contributed by atoms with E-state index in [1.54, 1.807) is 23.1 Å². The summed E-state index contributed by atoms with van der Waals surface area (Å²) in [6.45, 7) is 10.6. The van der Waals surface area contributed by atoms with E-state index in [1.165, 1.54) is 31.4 Å². The predicted octanol–water partition coefficient (Wildman–Crippen LogP) is 5.39. The van der Waals surface area contributed by atoms with E-state index in [4.69, 9.17) is 9.47 Å². The minimum Gasteiger partial charge on any atom is -0.496 e. The first kappa shape index (κ1) is 24.0. The molecule has 0 aliphatic carbocycles. The number of ether oxygens (including phenoxy) is 2. The summed E-state index contributed by atoms with van der Waals surface area (Å²) in [5.74, 6) is -0.289. The van der Waals surface area contributed by atoms with Crippen LogP contribution in [-0.4, -0.2) is 53.8 Å². The molecule has 1 unspecified atom stereocenters. The second-order valence-electron chi connectivity index (χ2n) is 9.37. The normalized spacial score (nSPS) is 20.7. The van der Waals surface area contributed by atoms with Crippen LogP contribution in [-0.2, 0) is 4.74 Å². The fourth-order valence-corrected chi connectivity index (χ4v) is 4.19. The van der Waals surface area contributed by atoms with E-state index in [-0.39, 0.29) is 35.9 Å². The monoisotopic (exact) mass is 446 g/mol. The number of methoxy groups -OCH3 is 1. The van der Waals surface area contributed by atoms with Gasteiger partial charge in [0.05, 0.1) is 13.2 Å². The van der Waals surface area contributed by atoms with Crippen molar-refractivity contribution in [1.82, 2.24) is 9.80 Å². The van der Waals surface area contributed by atoms with Crippen LogP contribution in [0.1, 0.15) is 51.8 Å². The molecule has 5 nitrogen and oxygen atoms in total. The molecule has 1 saturated heterocycles. The molecule has 7 heteroatoms. The number of carbonyl (C=O) groups excluding carboxylic acids is 1. The first-order chi connectivity index (χ1) is 15.0. The number of benzene rings is 2. The third kappa shape index (κ3) is 5.38. The molecular weight excluding hydrogens is 414 g/mol. The maximum absolute atomic E-state index is 13.9. The Bertz CT molecular complexity index is 943. The molecule has 3 rings (SSSR count). The Hall–Kier alpha value is -2.67. The van der Waals surface area contributed by atoms with Crippen LogP contribution in [0.3, 0.4) is 0 Å². The summed E-state index contributed by atoms with van der Waals surface area (Å²) in [5.41, 5.74) is 1.07. The lowest BCUT2D eigenvalue weighted by atomic mass is 9.93. The van der Waals surface area contributed by atoms with Crippen molar-refractivity contribution >= 4 is 6.09 Å². The van der Waals surface area contributed by atoms with E-state index in [2.05, 4.69) is 4.90 Å². The SMILES string of the molecule is COc1cc(F)ccc1C(c1ccc(F)cc1)N1C[C@H](C)N(C(=O)OC(C)(C)C)C[C@H]1C. The van der Waals surface area contributed by atoms with Gasteiger partial charge in [0.1, 0.15) is 23.0 Å². The van der Waals surface area contributed by atoms with Gasteiger partial charge in [-0.05, 0) is 58.4 Å². The third-order valence-corrected chi connectivity index (χ3v) is 5.67. The largest absolute Gasteiger partial charge is 0.496 e. The first-order valence-corrected chi connectivity index (χ1v) is 10.8. The van der Waals surface area contributed by atoms with Gasteiger partial charge in [0.25, 0.3) is 0 Å². The molecule has 1 aliphatic heterocycles. The maximum atomic E-state index is 13.9. The van der Waals surface area contributed by atoms with Gasteiger partial charge in [-0.25, -0.2) is 13.6 Å².